The third kappa shape index (κ3) is 5.88. The maximum atomic E-state index is 11.8. The summed E-state index contributed by atoms with van der Waals surface area (Å²) in [6.45, 7) is 5.47. The normalized spacial score (nSPS) is 17.1. The van der Waals surface area contributed by atoms with E-state index < -0.39 is 0 Å². The Bertz CT molecular complexity index is 1610. The minimum absolute atomic E-state index is 0.351. The standard InChI is InChI=1S/C30H29N7O2S/c1-19-14-22(34-26(15-19)24-7-11-32-25-5-3-2-4-23(24)25)18-31-17-20-8-12-37(13-9-20)29-33-10-6-21(35-29)16-27-28(38)36-30(39)40-27/h2-7,10-11,14-16,20,31H,8-9,12-13,17-18H2,1H3,(H,36,38,39)/b27-16+. The van der Waals surface area contributed by atoms with Gasteiger partial charge in [-0.25, -0.2) is 9.97 Å². The lowest BCUT2D eigenvalue weighted by molar-refractivity contribution is -0.115. The number of carbonyl (C=O) groups excluding carboxylic acids is 2. The van der Waals surface area contributed by atoms with Crippen molar-refractivity contribution in [2.24, 2.45) is 5.92 Å². The SMILES string of the molecule is Cc1cc(CNCC2CCN(c3nccc(/C=C4/SC(=O)NC4=O)n3)CC2)nc(-c2ccnc3ccccc23)c1. The summed E-state index contributed by atoms with van der Waals surface area (Å²) in [5.74, 6) is 0.821. The van der Waals surface area contributed by atoms with Crippen LogP contribution in [-0.2, 0) is 11.3 Å². The van der Waals surface area contributed by atoms with Crippen LogP contribution in [0.5, 0.6) is 0 Å². The number of aryl methyl sites for hydroxylation is 1. The van der Waals surface area contributed by atoms with Crippen molar-refractivity contribution in [3.63, 3.8) is 0 Å². The van der Waals surface area contributed by atoms with Crippen LogP contribution in [0.1, 0.15) is 29.8 Å². The molecule has 0 unspecified atom stereocenters. The molecule has 10 heteroatoms. The van der Waals surface area contributed by atoms with E-state index in [0.29, 0.717) is 29.0 Å². The van der Waals surface area contributed by atoms with Gasteiger partial charge in [-0.3, -0.25) is 24.9 Å². The fourth-order valence-corrected chi connectivity index (χ4v) is 5.85. The molecule has 202 valence electrons. The van der Waals surface area contributed by atoms with Gasteiger partial charge >= 0.3 is 0 Å². The number of amides is 2. The monoisotopic (exact) mass is 551 g/mol. The summed E-state index contributed by atoms with van der Waals surface area (Å²) in [7, 11) is 0. The molecule has 0 saturated carbocycles. The number of carbonyl (C=O) groups is 2. The van der Waals surface area contributed by atoms with Gasteiger partial charge in [0.2, 0.25) is 5.95 Å². The second-order valence-corrected chi connectivity index (χ2v) is 11.1. The summed E-state index contributed by atoms with van der Waals surface area (Å²) < 4.78 is 0. The topological polar surface area (TPSA) is 113 Å². The van der Waals surface area contributed by atoms with E-state index in [4.69, 9.17) is 4.98 Å². The van der Waals surface area contributed by atoms with Gasteiger partial charge in [0, 0.05) is 43.0 Å². The molecule has 2 aliphatic heterocycles. The second kappa shape index (κ2) is 11.5. The minimum atomic E-state index is -0.383. The number of rotatable bonds is 7. The Morgan fingerprint density at radius 3 is 2.70 bits per heavy atom. The van der Waals surface area contributed by atoms with Crippen LogP contribution in [0.3, 0.4) is 0 Å². The summed E-state index contributed by atoms with van der Waals surface area (Å²) in [5.41, 5.74) is 5.88. The predicted octanol–water partition coefficient (Wildman–Crippen LogP) is 4.73. The van der Waals surface area contributed by atoms with Crippen LogP contribution < -0.4 is 15.5 Å². The van der Waals surface area contributed by atoms with Gasteiger partial charge in [-0.2, -0.15) is 0 Å². The first kappa shape index (κ1) is 26.1. The highest BCUT2D eigenvalue weighted by Crippen LogP contribution is 2.28. The molecule has 2 fully saturated rings. The lowest BCUT2D eigenvalue weighted by Crippen LogP contribution is -2.38. The van der Waals surface area contributed by atoms with Crippen molar-refractivity contribution >= 4 is 45.8 Å². The summed E-state index contributed by atoms with van der Waals surface area (Å²) in [5, 5.41) is 6.64. The summed E-state index contributed by atoms with van der Waals surface area (Å²) in [4.78, 5) is 44.3. The van der Waals surface area contributed by atoms with Crippen LogP contribution in [0, 0.1) is 12.8 Å². The smallest absolute Gasteiger partial charge is 0.290 e. The number of pyridine rings is 2. The number of fused-ring (bicyclic) bond motifs is 1. The molecular formula is C30H29N7O2S. The predicted molar refractivity (Wildman–Crippen MR) is 157 cm³/mol. The fraction of sp³-hybridized carbons (Fsp3) is 0.267. The van der Waals surface area contributed by atoms with E-state index in [1.54, 1.807) is 18.3 Å². The maximum Gasteiger partial charge on any atom is 0.290 e. The first-order chi connectivity index (χ1) is 19.5. The van der Waals surface area contributed by atoms with E-state index in [1.165, 1.54) is 5.56 Å². The largest absolute Gasteiger partial charge is 0.341 e. The second-order valence-electron chi connectivity index (χ2n) is 10.1. The maximum absolute atomic E-state index is 11.8. The zero-order chi connectivity index (χ0) is 27.5. The molecule has 40 heavy (non-hydrogen) atoms. The number of imide groups is 1. The Morgan fingerprint density at radius 2 is 1.88 bits per heavy atom. The minimum Gasteiger partial charge on any atom is -0.341 e. The van der Waals surface area contributed by atoms with Crippen molar-refractivity contribution < 1.29 is 9.59 Å². The molecule has 4 aromatic rings. The number of nitrogens with zero attached hydrogens (tertiary/aromatic N) is 5. The zero-order valence-corrected chi connectivity index (χ0v) is 22.9. The Kier molecular flexibility index (Phi) is 7.52. The number of aromatic nitrogens is 4. The molecule has 0 atom stereocenters. The van der Waals surface area contributed by atoms with Crippen molar-refractivity contribution in [1.29, 1.82) is 0 Å². The number of hydrogen-bond acceptors (Lipinski definition) is 9. The van der Waals surface area contributed by atoms with Crippen LogP contribution in [-0.4, -0.2) is 50.7 Å². The molecule has 3 aromatic heterocycles. The Morgan fingerprint density at radius 1 is 1.05 bits per heavy atom. The third-order valence-corrected chi connectivity index (χ3v) is 7.98. The first-order valence-electron chi connectivity index (χ1n) is 13.4. The highest BCUT2D eigenvalue weighted by Gasteiger charge is 2.26. The molecule has 9 nitrogen and oxygen atoms in total. The molecule has 2 aliphatic rings. The van der Waals surface area contributed by atoms with E-state index in [-0.39, 0.29) is 11.1 Å². The van der Waals surface area contributed by atoms with E-state index in [0.717, 1.165) is 72.1 Å². The number of hydrogen-bond donors (Lipinski definition) is 2. The quantitative estimate of drug-likeness (QED) is 0.315. The first-order valence-corrected chi connectivity index (χ1v) is 14.2. The molecule has 6 rings (SSSR count). The number of para-hydroxylation sites is 1. The van der Waals surface area contributed by atoms with Gasteiger partial charge in [0.05, 0.1) is 27.5 Å². The molecule has 1 aromatic carbocycles. The Labute approximate surface area is 236 Å². The lowest BCUT2D eigenvalue weighted by Gasteiger charge is -2.32. The number of thioether (sulfide) groups is 1. The average molecular weight is 552 g/mol. The van der Waals surface area contributed by atoms with Crippen LogP contribution in [0.15, 0.2) is 65.8 Å². The molecule has 5 heterocycles. The van der Waals surface area contributed by atoms with E-state index in [2.05, 4.69) is 55.6 Å². The Balaban J connectivity index is 1.04. The molecule has 0 spiro atoms. The van der Waals surface area contributed by atoms with E-state index in [9.17, 15) is 9.59 Å². The average Bonchev–Trinajstić information content (AvgIpc) is 3.28. The van der Waals surface area contributed by atoms with Crippen LogP contribution in [0.2, 0.25) is 0 Å². The number of piperidine rings is 1. The highest BCUT2D eigenvalue weighted by molar-refractivity contribution is 8.18. The molecular weight excluding hydrogens is 522 g/mol. The van der Waals surface area contributed by atoms with Gasteiger partial charge in [-0.15, -0.1) is 0 Å². The molecule has 2 amide bonds. The Hall–Kier alpha value is -4.15. The van der Waals surface area contributed by atoms with E-state index >= 15 is 0 Å². The van der Waals surface area contributed by atoms with Crippen molar-refractivity contribution in [1.82, 2.24) is 30.6 Å². The van der Waals surface area contributed by atoms with Gasteiger partial charge in [0.1, 0.15) is 0 Å². The van der Waals surface area contributed by atoms with E-state index in [1.807, 2.05) is 30.5 Å². The van der Waals surface area contributed by atoms with Crippen LogP contribution >= 0.6 is 11.8 Å². The van der Waals surface area contributed by atoms with Gasteiger partial charge < -0.3 is 10.2 Å². The van der Waals surface area contributed by atoms with Crippen molar-refractivity contribution in [2.75, 3.05) is 24.5 Å². The zero-order valence-electron chi connectivity index (χ0n) is 22.1. The number of benzene rings is 1. The number of nitrogens with one attached hydrogen (secondary N) is 2. The third-order valence-electron chi connectivity index (χ3n) is 7.17. The molecule has 2 N–H and O–H groups in total. The number of anilines is 1. The van der Waals surface area contributed by atoms with Crippen LogP contribution in [0.25, 0.3) is 28.2 Å². The summed E-state index contributed by atoms with van der Waals surface area (Å²) >= 11 is 0.890. The fourth-order valence-electron chi connectivity index (χ4n) is 5.18. The van der Waals surface area contributed by atoms with Gasteiger partial charge in [-0.05, 0) is 86.0 Å². The van der Waals surface area contributed by atoms with Crippen molar-refractivity contribution in [3.05, 3.63) is 82.8 Å². The molecule has 0 bridgehead atoms. The van der Waals surface area contributed by atoms with Gasteiger partial charge in [0.15, 0.2) is 0 Å². The van der Waals surface area contributed by atoms with Crippen molar-refractivity contribution in [3.8, 4) is 11.3 Å². The molecule has 0 aliphatic carbocycles. The highest BCUT2D eigenvalue weighted by atomic mass is 32.2. The van der Waals surface area contributed by atoms with Gasteiger partial charge in [-0.1, -0.05) is 18.2 Å². The molecule has 0 radical (unpaired) electrons. The summed E-state index contributed by atoms with van der Waals surface area (Å²) in [6, 6.07) is 16.2. The molecule has 2 saturated heterocycles. The summed E-state index contributed by atoms with van der Waals surface area (Å²) in [6.07, 6.45) is 7.24. The van der Waals surface area contributed by atoms with Crippen LogP contribution in [0.4, 0.5) is 10.7 Å². The van der Waals surface area contributed by atoms with Gasteiger partial charge in [0.25, 0.3) is 11.1 Å². The van der Waals surface area contributed by atoms with Crippen molar-refractivity contribution in [2.45, 2.75) is 26.3 Å². The lowest BCUT2D eigenvalue weighted by atomic mass is 9.97.